The number of nitrogens with zero attached hydrogens (tertiary/aromatic N) is 3. The zero-order valence-electron chi connectivity index (χ0n) is 11.6. The lowest BCUT2D eigenvalue weighted by Gasteiger charge is -2.02. The van der Waals surface area contributed by atoms with Crippen molar-refractivity contribution in [1.29, 1.82) is 5.26 Å². The minimum absolute atomic E-state index is 0.104. The second kappa shape index (κ2) is 6.32. The van der Waals surface area contributed by atoms with Gasteiger partial charge in [-0.2, -0.15) is 5.26 Å². The molecule has 2 aromatic rings. The molecule has 22 heavy (non-hydrogen) atoms. The Hall–Kier alpha value is -2.79. The predicted molar refractivity (Wildman–Crippen MR) is 81.2 cm³/mol. The molecule has 0 saturated carbocycles. The molecular weight excluding hydrogens is 304 g/mol. The van der Waals surface area contributed by atoms with Crippen molar-refractivity contribution in [3.8, 4) is 16.5 Å². The lowest BCUT2D eigenvalue weighted by atomic mass is 10.1. The van der Waals surface area contributed by atoms with Gasteiger partial charge in [-0.25, -0.2) is 0 Å². The largest absolute Gasteiger partial charge is 0.365 e. The van der Waals surface area contributed by atoms with E-state index >= 15 is 0 Å². The standard InChI is InChI=1S/C14H12N4O3S/c1-8(6-15)4-10-3-2-9(7-17-10)12-5-11(13(16)19)14(22-12)18(20)21/h2-3,5,7-8H,4H2,1H3,(H2,16,19). The minimum atomic E-state index is -0.832. The van der Waals surface area contributed by atoms with Crippen molar-refractivity contribution < 1.29 is 9.72 Å². The molecule has 8 heteroatoms. The number of nitro groups is 1. The normalized spacial score (nSPS) is 11.6. The Bertz CT molecular complexity index is 730. The van der Waals surface area contributed by atoms with Gasteiger partial charge in [0.25, 0.3) is 5.91 Å². The van der Waals surface area contributed by atoms with Gasteiger partial charge in [0.1, 0.15) is 5.56 Å². The number of rotatable bonds is 5. The van der Waals surface area contributed by atoms with Crippen LogP contribution >= 0.6 is 11.3 Å². The molecule has 0 radical (unpaired) electrons. The fraction of sp³-hybridized carbons (Fsp3) is 0.214. The molecular formula is C14H12N4O3S. The molecule has 2 heterocycles. The first-order chi connectivity index (χ1) is 10.4. The van der Waals surface area contributed by atoms with E-state index in [4.69, 9.17) is 11.0 Å². The SMILES string of the molecule is CC(C#N)Cc1ccc(-c2cc(C(N)=O)c([N+](=O)[O-])s2)cn1. The number of carbonyl (C=O) groups excluding carboxylic acids is 1. The summed E-state index contributed by atoms with van der Waals surface area (Å²) in [6, 6.07) is 7.05. The van der Waals surface area contributed by atoms with Crippen molar-refractivity contribution >= 4 is 22.2 Å². The Labute approximate surface area is 130 Å². The number of thiophene rings is 1. The van der Waals surface area contributed by atoms with E-state index in [2.05, 4.69) is 11.1 Å². The summed E-state index contributed by atoms with van der Waals surface area (Å²) >= 11 is 0.881. The van der Waals surface area contributed by atoms with E-state index in [-0.39, 0.29) is 16.5 Å². The maximum absolute atomic E-state index is 11.3. The highest BCUT2D eigenvalue weighted by molar-refractivity contribution is 7.19. The van der Waals surface area contributed by atoms with Gasteiger partial charge in [-0.05, 0) is 19.1 Å². The van der Waals surface area contributed by atoms with Crippen LogP contribution in [0.25, 0.3) is 10.4 Å². The maximum Gasteiger partial charge on any atom is 0.337 e. The summed E-state index contributed by atoms with van der Waals surface area (Å²) in [5, 5.41) is 19.5. The average molecular weight is 316 g/mol. The maximum atomic E-state index is 11.3. The van der Waals surface area contributed by atoms with Gasteiger partial charge in [0, 0.05) is 34.7 Å². The number of carbonyl (C=O) groups is 1. The topological polar surface area (TPSA) is 123 Å². The van der Waals surface area contributed by atoms with Gasteiger partial charge in [-0.1, -0.05) is 17.4 Å². The number of nitriles is 1. The summed E-state index contributed by atoms with van der Waals surface area (Å²) in [6.45, 7) is 1.80. The Morgan fingerprint density at radius 2 is 2.32 bits per heavy atom. The van der Waals surface area contributed by atoms with Crippen LogP contribution in [0.15, 0.2) is 24.4 Å². The molecule has 2 aromatic heterocycles. The van der Waals surface area contributed by atoms with Crippen LogP contribution in [-0.4, -0.2) is 15.8 Å². The molecule has 2 N–H and O–H groups in total. The summed E-state index contributed by atoms with van der Waals surface area (Å²) in [6.07, 6.45) is 2.10. The molecule has 0 aliphatic rings. The third-order valence-corrected chi connectivity index (χ3v) is 4.12. The monoisotopic (exact) mass is 316 g/mol. The highest BCUT2D eigenvalue weighted by atomic mass is 32.1. The molecule has 0 bridgehead atoms. The zero-order valence-corrected chi connectivity index (χ0v) is 12.5. The summed E-state index contributed by atoms with van der Waals surface area (Å²) in [5.41, 5.74) is 6.47. The smallest absolute Gasteiger partial charge is 0.337 e. The highest BCUT2D eigenvalue weighted by Crippen LogP contribution is 2.36. The van der Waals surface area contributed by atoms with Gasteiger partial charge < -0.3 is 5.73 Å². The highest BCUT2D eigenvalue weighted by Gasteiger charge is 2.23. The minimum Gasteiger partial charge on any atom is -0.365 e. The van der Waals surface area contributed by atoms with E-state index in [0.717, 1.165) is 17.0 Å². The number of pyridine rings is 1. The van der Waals surface area contributed by atoms with Gasteiger partial charge in [-0.15, -0.1) is 0 Å². The van der Waals surface area contributed by atoms with E-state index in [1.807, 2.05) is 0 Å². The summed E-state index contributed by atoms with van der Waals surface area (Å²) < 4.78 is 0. The van der Waals surface area contributed by atoms with Crippen molar-refractivity contribution in [2.75, 3.05) is 0 Å². The summed E-state index contributed by atoms with van der Waals surface area (Å²) in [7, 11) is 0. The lowest BCUT2D eigenvalue weighted by Crippen LogP contribution is -2.11. The molecule has 7 nitrogen and oxygen atoms in total. The summed E-state index contributed by atoms with van der Waals surface area (Å²) in [5.74, 6) is -0.968. The van der Waals surface area contributed by atoms with Crippen LogP contribution in [0, 0.1) is 27.4 Å². The van der Waals surface area contributed by atoms with Crippen molar-refractivity contribution in [2.45, 2.75) is 13.3 Å². The van der Waals surface area contributed by atoms with Crippen LogP contribution in [0.4, 0.5) is 5.00 Å². The molecule has 0 spiro atoms. The number of hydrogen-bond acceptors (Lipinski definition) is 6. The second-order valence-corrected chi connectivity index (χ2v) is 5.75. The van der Waals surface area contributed by atoms with Crippen LogP contribution in [-0.2, 0) is 6.42 Å². The fourth-order valence-corrected chi connectivity index (χ4v) is 2.85. The molecule has 0 aliphatic heterocycles. The number of hydrogen-bond donors (Lipinski definition) is 1. The van der Waals surface area contributed by atoms with Gasteiger partial charge in [0.2, 0.25) is 0 Å². The van der Waals surface area contributed by atoms with Crippen LogP contribution in [0.5, 0.6) is 0 Å². The molecule has 0 aliphatic carbocycles. The van der Waals surface area contributed by atoms with E-state index < -0.39 is 10.8 Å². The van der Waals surface area contributed by atoms with Crippen LogP contribution in [0.2, 0.25) is 0 Å². The number of primary amides is 1. The molecule has 2 rings (SSSR count). The third-order valence-electron chi connectivity index (χ3n) is 2.99. The fourth-order valence-electron chi connectivity index (χ4n) is 1.89. The first-order valence-electron chi connectivity index (χ1n) is 6.35. The Kier molecular flexibility index (Phi) is 4.48. The van der Waals surface area contributed by atoms with Gasteiger partial charge >= 0.3 is 5.00 Å². The molecule has 0 fully saturated rings. The molecule has 112 valence electrons. The zero-order chi connectivity index (χ0) is 16.3. The van der Waals surface area contributed by atoms with Crippen molar-refractivity contribution in [3.05, 3.63) is 45.8 Å². The van der Waals surface area contributed by atoms with Crippen LogP contribution < -0.4 is 5.73 Å². The third kappa shape index (κ3) is 3.27. The Balaban J connectivity index is 2.33. The second-order valence-electron chi connectivity index (χ2n) is 4.72. The lowest BCUT2D eigenvalue weighted by molar-refractivity contribution is -0.380. The van der Waals surface area contributed by atoms with E-state index in [0.29, 0.717) is 16.9 Å². The first kappa shape index (κ1) is 15.6. The average Bonchev–Trinajstić information content (AvgIpc) is 2.93. The van der Waals surface area contributed by atoms with Crippen LogP contribution in [0.3, 0.4) is 0 Å². The van der Waals surface area contributed by atoms with Gasteiger partial charge in [0.15, 0.2) is 0 Å². The van der Waals surface area contributed by atoms with E-state index in [9.17, 15) is 14.9 Å². The molecule has 0 saturated heterocycles. The summed E-state index contributed by atoms with van der Waals surface area (Å²) in [4.78, 5) is 26.4. The van der Waals surface area contributed by atoms with Crippen molar-refractivity contribution in [1.82, 2.24) is 4.98 Å². The quantitative estimate of drug-likeness (QED) is 0.670. The Morgan fingerprint density at radius 3 is 2.77 bits per heavy atom. The predicted octanol–water partition coefficient (Wildman–Crippen LogP) is 2.52. The molecule has 1 amide bonds. The molecule has 1 unspecified atom stereocenters. The molecule has 0 aromatic carbocycles. The number of aromatic nitrogens is 1. The first-order valence-corrected chi connectivity index (χ1v) is 7.17. The van der Waals surface area contributed by atoms with Gasteiger partial charge in [0.05, 0.1) is 11.0 Å². The van der Waals surface area contributed by atoms with Crippen molar-refractivity contribution in [3.63, 3.8) is 0 Å². The Morgan fingerprint density at radius 1 is 1.59 bits per heavy atom. The van der Waals surface area contributed by atoms with Crippen LogP contribution in [0.1, 0.15) is 23.0 Å². The number of nitrogens with two attached hydrogens (primary N) is 1. The van der Waals surface area contributed by atoms with E-state index in [1.54, 1.807) is 25.3 Å². The van der Waals surface area contributed by atoms with Gasteiger partial charge in [-0.3, -0.25) is 19.9 Å². The molecule has 1 atom stereocenters. The number of amides is 1. The van der Waals surface area contributed by atoms with E-state index in [1.165, 1.54) is 6.07 Å². The van der Waals surface area contributed by atoms with Crippen molar-refractivity contribution in [2.24, 2.45) is 11.7 Å².